The summed E-state index contributed by atoms with van der Waals surface area (Å²) in [5, 5.41) is 5.94. The Labute approximate surface area is 158 Å². The van der Waals surface area contributed by atoms with Gasteiger partial charge in [0.15, 0.2) is 11.5 Å². The van der Waals surface area contributed by atoms with Gasteiger partial charge in [0.25, 0.3) is 5.91 Å². The fraction of sp³-hybridized carbons (Fsp3) is 0.389. The van der Waals surface area contributed by atoms with Gasteiger partial charge in [0, 0.05) is 37.0 Å². The van der Waals surface area contributed by atoms with Crippen molar-refractivity contribution in [2.75, 3.05) is 53.8 Å². The summed E-state index contributed by atoms with van der Waals surface area (Å²) in [4.78, 5) is 22.4. The van der Waals surface area contributed by atoms with Gasteiger partial charge in [-0.25, -0.2) is 9.97 Å². The highest BCUT2D eigenvalue weighted by atomic mass is 16.5. The number of carbonyl (C=O) groups is 1. The smallest absolute Gasteiger partial charge is 0.270 e. The Balaban J connectivity index is 2.17. The van der Waals surface area contributed by atoms with Crippen LogP contribution >= 0.6 is 0 Å². The minimum Gasteiger partial charge on any atom is -0.493 e. The van der Waals surface area contributed by atoms with Crippen LogP contribution in [-0.4, -0.2) is 69.3 Å². The molecule has 0 saturated heterocycles. The summed E-state index contributed by atoms with van der Waals surface area (Å²) in [5.41, 5.74) is 0.945. The topological polar surface area (TPSA) is 97.8 Å². The van der Waals surface area contributed by atoms with Crippen molar-refractivity contribution in [1.29, 1.82) is 0 Å². The van der Waals surface area contributed by atoms with E-state index in [1.807, 2.05) is 19.0 Å². The Morgan fingerprint density at radius 1 is 1.04 bits per heavy atom. The van der Waals surface area contributed by atoms with Crippen LogP contribution in [0.4, 0.5) is 11.5 Å². The van der Waals surface area contributed by atoms with E-state index in [0.717, 1.165) is 6.54 Å². The number of nitrogens with one attached hydrogen (secondary N) is 2. The third kappa shape index (κ3) is 5.45. The summed E-state index contributed by atoms with van der Waals surface area (Å²) >= 11 is 0. The molecule has 1 amide bonds. The molecule has 9 nitrogen and oxygen atoms in total. The number of methoxy groups -OCH3 is 3. The summed E-state index contributed by atoms with van der Waals surface area (Å²) in [5.74, 6) is 1.73. The second-order valence-corrected chi connectivity index (χ2v) is 5.89. The molecule has 0 unspecified atom stereocenters. The lowest BCUT2D eigenvalue weighted by atomic mass is 10.2. The van der Waals surface area contributed by atoms with Crippen molar-refractivity contribution < 1.29 is 19.0 Å². The highest BCUT2D eigenvalue weighted by Crippen LogP contribution is 2.40. The number of ether oxygens (including phenoxy) is 3. The maximum atomic E-state index is 12.2. The first-order valence-electron chi connectivity index (χ1n) is 8.30. The number of carbonyl (C=O) groups excluding carboxylic acids is 1. The summed E-state index contributed by atoms with van der Waals surface area (Å²) in [6.45, 7) is 1.28. The molecule has 0 aliphatic heterocycles. The monoisotopic (exact) mass is 375 g/mol. The number of likely N-dealkylation sites (N-methyl/N-ethyl adjacent to an activating group) is 1. The van der Waals surface area contributed by atoms with Crippen LogP contribution in [0, 0.1) is 0 Å². The van der Waals surface area contributed by atoms with E-state index in [1.54, 1.807) is 39.5 Å². The van der Waals surface area contributed by atoms with Gasteiger partial charge >= 0.3 is 0 Å². The highest BCUT2D eigenvalue weighted by molar-refractivity contribution is 5.93. The maximum Gasteiger partial charge on any atom is 0.270 e. The molecular formula is C18H25N5O4. The van der Waals surface area contributed by atoms with Gasteiger partial charge in [-0.2, -0.15) is 0 Å². The Kier molecular flexibility index (Phi) is 7.18. The predicted molar refractivity (Wildman–Crippen MR) is 102 cm³/mol. The van der Waals surface area contributed by atoms with Gasteiger partial charge in [-0.05, 0) is 14.1 Å². The number of anilines is 2. The van der Waals surface area contributed by atoms with Crippen LogP contribution in [0.15, 0.2) is 24.5 Å². The molecule has 0 saturated carbocycles. The Morgan fingerprint density at radius 3 is 2.26 bits per heavy atom. The second-order valence-electron chi connectivity index (χ2n) is 5.89. The first-order chi connectivity index (χ1) is 13.0. The zero-order valence-electron chi connectivity index (χ0n) is 16.2. The average Bonchev–Trinajstić information content (AvgIpc) is 2.66. The quantitative estimate of drug-likeness (QED) is 0.681. The van der Waals surface area contributed by atoms with E-state index in [2.05, 4.69) is 20.6 Å². The van der Waals surface area contributed by atoms with Crippen molar-refractivity contribution in [2.45, 2.75) is 0 Å². The summed E-state index contributed by atoms with van der Waals surface area (Å²) in [6, 6.07) is 5.08. The molecule has 146 valence electrons. The molecule has 1 heterocycles. The Morgan fingerprint density at radius 2 is 1.70 bits per heavy atom. The lowest BCUT2D eigenvalue weighted by Gasteiger charge is -2.15. The van der Waals surface area contributed by atoms with Crippen molar-refractivity contribution in [3.8, 4) is 17.2 Å². The summed E-state index contributed by atoms with van der Waals surface area (Å²) in [6.07, 6.45) is 1.33. The van der Waals surface area contributed by atoms with Crippen molar-refractivity contribution >= 4 is 17.4 Å². The summed E-state index contributed by atoms with van der Waals surface area (Å²) < 4.78 is 16.0. The molecule has 0 bridgehead atoms. The zero-order chi connectivity index (χ0) is 19.8. The largest absolute Gasteiger partial charge is 0.493 e. The molecule has 0 radical (unpaired) electrons. The van der Waals surface area contributed by atoms with E-state index in [0.29, 0.717) is 35.3 Å². The number of amides is 1. The Hall–Kier alpha value is -3.07. The van der Waals surface area contributed by atoms with E-state index in [1.165, 1.54) is 6.33 Å². The van der Waals surface area contributed by atoms with Crippen LogP contribution < -0.4 is 24.8 Å². The first kappa shape index (κ1) is 20.2. The second kappa shape index (κ2) is 9.58. The van der Waals surface area contributed by atoms with Gasteiger partial charge < -0.3 is 29.7 Å². The fourth-order valence-electron chi connectivity index (χ4n) is 2.33. The molecule has 2 rings (SSSR count). The fourth-order valence-corrected chi connectivity index (χ4v) is 2.33. The predicted octanol–water partition coefficient (Wildman–Crippen LogP) is 1.54. The van der Waals surface area contributed by atoms with Crippen molar-refractivity contribution in [3.63, 3.8) is 0 Å². The SMILES string of the molecule is COc1cc(Nc2cc(C(=O)NCCN(C)C)ncn2)cc(OC)c1OC. The van der Waals surface area contributed by atoms with Crippen LogP contribution in [0.2, 0.25) is 0 Å². The van der Waals surface area contributed by atoms with Gasteiger partial charge in [-0.3, -0.25) is 4.79 Å². The molecule has 0 aliphatic carbocycles. The summed E-state index contributed by atoms with van der Waals surface area (Å²) in [7, 11) is 8.51. The van der Waals surface area contributed by atoms with Crippen LogP contribution in [0.3, 0.4) is 0 Å². The number of nitrogens with zero attached hydrogens (tertiary/aromatic N) is 3. The van der Waals surface area contributed by atoms with Crippen molar-refractivity contribution in [3.05, 3.63) is 30.2 Å². The first-order valence-corrected chi connectivity index (χ1v) is 8.30. The number of aromatic nitrogens is 2. The van der Waals surface area contributed by atoms with Crippen LogP contribution in [0.1, 0.15) is 10.5 Å². The molecule has 2 N–H and O–H groups in total. The normalized spacial score (nSPS) is 10.4. The number of hydrogen-bond donors (Lipinski definition) is 2. The zero-order valence-corrected chi connectivity index (χ0v) is 16.2. The average molecular weight is 375 g/mol. The third-order valence-electron chi connectivity index (χ3n) is 3.68. The van der Waals surface area contributed by atoms with Crippen LogP contribution in [0.5, 0.6) is 17.2 Å². The van der Waals surface area contributed by atoms with E-state index < -0.39 is 0 Å². The molecule has 0 fully saturated rings. The van der Waals surface area contributed by atoms with E-state index >= 15 is 0 Å². The molecule has 27 heavy (non-hydrogen) atoms. The van der Waals surface area contributed by atoms with Crippen LogP contribution in [0.25, 0.3) is 0 Å². The highest BCUT2D eigenvalue weighted by Gasteiger charge is 2.14. The lowest BCUT2D eigenvalue weighted by Crippen LogP contribution is -2.31. The van der Waals surface area contributed by atoms with Gasteiger partial charge in [0.1, 0.15) is 17.8 Å². The molecular weight excluding hydrogens is 350 g/mol. The van der Waals surface area contributed by atoms with Crippen LogP contribution in [-0.2, 0) is 0 Å². The van der Waals surface area contributed by atoms with Gasteiger partial charge in [0.05, 0.1) is 21.3 Å². The number of hydrogen-bond acceptors (Lipinski definition) is 8. The van der Waals surface area contributed by atoms with E-state index in [4.69, 9.17) is 14.2 Å². The Bertz CT molecular complexity index is 757. The maximum absolute atomic E-state index is 12.2. The molecule has 2 aromatic rings. The molecule has 0 atom stereocenters. The van der Waals surface area contributed by atoms with Gasteiger partial charge in [-0.1, -0.05) is 0 Å². The van der Waals surface area contributed by atoms with E-state index in [-0.39, 0.29) is 11.6 Å². The lowest BCUT2D eigenvalue weighted by molar-refractivity contribution is 0.0946. The van der Waals surface area contributed by atoms with Crippen molar-refractivity contribution in [1.82, 2.24) is 20.2 Å². The molecule has 1 aromatic heterocycles. The molecule has 1 aromatic carbocycles. The minimum atomic E-state index is -0.257. The number of benzene rings is 1. The van der Waals surface area contributed by atoms with E-state index in [9.17, 15) is 4.79 Å². The number of rotatable bonds is 9. The minimum absolute atomic E-state index is 0.257. The van der Waals surface area contributed by atoms with Gasteiger partial charge in [-0.15, -0.1) is 0 Å². The third-order valence-corrected chi connectivity index (χ3v) is 3.68. The standard InChI is InChI=1S/C18H25N5O4/c1-23(2)7-6-19-18(24)13-10-16(21-11-20-13)22-12-8-14(25-3)17(27-5)15(9-12)26-4/h8-11H,6-7H2,1-5H3,(H,19,24)(H,20,21,22). The molecule has 0 aliphatic rings. The van der Waals surface area contributed by atoms with Crippen molar-refractivity contribution in [2.24, 2.45) is 0 Å². The molecule has 0 spiro atoms. The van der Waals surface area contributed by atoms with Gasteiger partial charge in [0.2, 0.25) is 5.75 Å². The molecule has 9 heteroatoms.